The summed E-state index contributed by atoms with van der Waals surface area (Å²) in [6, 6.07) is 0. The minimum absolute atomic E-state index is 0.0610. The Labute approximate surface area is 201 Å². The van der Waals surface area contributed by atoms with E-state index in [1.807, 2.05) is 0 Å². The molecule has 7 nitrogen and oxygen atoms in total. The Morgan fingerprint density at radius 1 is 0.758 bits per heavy atom. The van der Waals surface area contributed by atoms with E-state index >= 15 is 0 Å². The number of hydrogen-bond acceptors (Lipinski definition) is 7. The van der Waals surface area contributed by atoms with Gasteiger partial charge in [0, 0.05) is 13.2 Å². The van der Waals surface area contributed by atoms with Gasteiger partial charge in [0.05, 0.1) is 12.2 Å². The Morgan fingerprint density at radius 3 is 2.00 bits per heavy atom. The van der Waals surface area contributed by atoms with E-state index in [9.17, 15) is 20.4 Å². The third-order valence-corrected chi connectivity index (χ3v) is 6.78. The molecule has 7 unspecified atom stereocenters. The quantitative estimate of drug-likeness (QED) is 0.237. The van der Waals surface area contributed by atoms with E-state index in [-0.39, 0.29) is 12.2 Å². The maximum absolute atomic E-state index is 9.94. The first-order valence-electron chi connectivity index (χ1n) is 13.0. The Balaban J connectivity index is 2.11. The predicted octanol–water partition coefficient (Wildman–Crippen LogP) is 3.65. The summed E-state index contributed by atoms with van der Waals surface area (Å²) in [5.41, 5.74) is -0.103. The molecule has 1 aliphatic heterocycles. The molecule has 0 amide bonds. The molecule has 0 radical (unpaired) electrons. The fourth-order valence-electron chi connectivity index (χ4n) is 4.20. The average molecular weight is 477 g/mol. The van der Waals surface area contributed by atoms with E-state index < -0.39 is 30.7 Å². The van der Waals surface area contributed by atoms with Crippen molar-refractivity contribution in [3.05, 3.63) is 0 Å². The van der Waals surface area contributed by atoms with Crippen LogP contribution < -0.4 is 0 Å². The topological polar surface area (TPSA) is 109 Å². The molecule has 0 saturated carbocycles. The zero-order chi connectivity index (χ0) is 25.0. The molecule has 0 aromatic carbocycles. The molecule has 7 heteroatoms. The van der Waals surface area contributed by atoms with Gasteiger partial charge >= 0.3 is 0 Å². The summed E-state index contributed by atoms with van der Waals surface area (Å²) in [6.07, 6.45) is 2.52. The molecule has 4 N–H and O–H groups in total. The van der Waals surface area contributed by atoms with Crippen LogP contribution in [0.25, 0.3) is 0 Å². The van der Waals surface area contributed by atoms with Crippen LogP contribution in [0.5, 0.6) is 0 Å². The molecule has 33 heavy (non-hydrogen) atoms. The standard InChI is InChI=1S/C26H52O7/c1-18(2)9-7-10-19(3)13-16-32-26(5,6)14-8-11-20(4)12-15-31-17-21-22(27)23(28)24(29)25(30)33-21/h18-25,27-30H,7-17H2,1-6H3. The molecule has 0 spiro atoms. The van der Waals surface area contributed by atoms with Crippen molar-refractivity contribution in [1.82, 2.24) is 0 Å². The number of ether oxygens (including phenoxy) is 3. The summed E-state index contributed by atoms with van der Waals surface area (Å²) in [7, 11) is 0. The Bertz CT molecular complexity index is 499. The molecule has 1 saturated heterocycles. The normalized spacial score (nSPS) is 28.3. The van der Waals surface area contributed by atoms with Crippen LogP contribution in [0.3, 0.4) is 0 Å². The number of rotatable bonds is 17. The Hall–Kier alpha value is -0.280. The van der Waals surface area contributed by atoms with E-state index in [1.54, 1.807) is 0 Å². The highest BCUT2D eigenvalue weighted by molar-refractivity contribution is 4.88. The van der Waals surface area contributed by atoms with E-state index in [1.165, 1.54) is 19.3 Å². The van der Waals surface area contributed by atoms with E-state index in [0.29, 0.717) is 12.5 Å². The van der Waals surface area contributed by atoms with Gasteiger partial charge in [-0.15, -0.1) is 0 Å². The fourth-order valence-corrected chi connectivity index (χ4v) is 4.20. The molecule has 0 bridgehead atoms. The Kier molecular flexibility index (Phi) is 14.6. The summed E-state index contributed by atoms with van der Waals surface area (Å²) in [5.74, 6) is 2.01. The lowest BCUT2D eigenvalue weighted by molar-refractivity contribution is -0.288. The van der Waals surface area contributed by atoms with E-state index in [4.69, 9.17) is 14.2 Å². The lowest BCUT2D eigenvalue weighted by Gasteiger charge is -2.38. The molecular weight excluding hydrogens is 424 g/mol. The third kappa shape index (κ3) is 12.8. The summed E-state index contributed by atoms with van der Waals surface area (Å²) >= 11 is 0. The second-order valence-electron chi connectivity index (χ2n) is 11.2. The molecule has 0 aliphatic carbocycles. The van der Waals surface area contributed by atoms with Crippen LogP contribution >= 0.6 is 0 Å². The third-order valence-electron chi connectivity index (χ3n) is 6.78. The van der Waals surface area contributed by atoms with Gasteiger partial charge in [0.25, 0.3) is 0 Å². The van der Waals surface area contributed by atoms with Gasteiger partial charge in [-0.2, -0.15) is 0 Å². The first-order chi connectivity index (χ1) is 15.4. The molecule has 0 aromatic heterocycles. The molecule has 1 rings (SSSR count). The van der Waals surface area contributed by atoms with Gasteiger partial charge in [-0.05, 0) is 50.9 Å². The monoisotopic (exact) mass is 476 g/mol. The van der Waals surface area contributed by atoms with Crippen molar-refractivity contribution in [3.8, 4) is 0 Å². The summed E-state index contributed by atoms with van der Waals surface area (Å²) < 4.78 is 16.9. The molecule has 1 fully saturated rings. The van der Waals surface area contributed by atoms with Crippen LogP contribution in [0.1, 0.15) is 92.9 Å². The van der Waals surface area contributed by atoms with Crippen molar-refractivity contribution in [1.29, 1.82) is 0 Å². The van der Waals surface area contributed by atoms with E-state index in [2.05, 4.69) is 41.5 Å². The number of hydrogen-bond donors (Lipinski definition) is 4. The highest BCUT2D eigenvalue weighted by Crippen LogP contribution is 2.24. The highest BCUT2D eigenvalue weighted by atomic mass is 16.6. The van der Waals surface area contributed by atoms with Crippen molar-refractivity contribution >= 4 is 0 Å². The van der Waals surface area contributed by atoms with Crippen LogP contribution in [-0.2, 0) is 14.2 Å². The molecule has 1 heterocycles. The van der Waals surface area contributed by atoms with Crippen LogP contribution in [0.15, 0.2) is 0 Å². The summed E-state index contributed by atoms with van der Waals surface area (Å²) in [6.45, 7) is 14.9. The first kappa shape index (κ1) is 30.8. The lowest BCUT2D eigenvalue weighted by Crippen LogP contribution is -2.58. The first-order valence-corrected chi connectivity index (χ1v) is 13.0. The van der Waals surface area contributed by atoms with Gasteiger partial charge in [0.1, 0.15) is 24.4 Å². The zero-order valence-electron chi connectivity index (χ0n) is 21.9. The number of aliphatic hydroxyl groups is 4. The van der Waals surface area contributed by atoms with Gasteiger partial charge in [0.15, 0.2) is 6.29 Å². The SMILES string of the molecule is CC(C)CCCC(C)CCOC(C)(C)CCCC(C)CCOCC1OC(O)C(O)C(O)C1O. The van der Waals surface area contributed by atoms with Crippen LogP contribution in [0, 0.1) is 17.8 Å². The lowest BCUT2D eigenvalue weighted by atomic mass is 9.94. The average Bonchev–Trinajstić information content (AvgIpc) is 2.72. The maximum atomic E-state index is 9.94. The number of aliphatic hydroxyl groups excluding tert-OH is 4. The highest BCUT2D eigenvalue weighted by Gasteiger charge is 2.42. The van der Waals surface area contributed by atoms with Crippen LogP contribution in [0.2, 0.25) is 0 Å². The maximum Gasteiger partial charge on any atom is 0.184 e. The second kappa shape index (κ2) is 15.7. The smallest absolute Gasteiger partial charge is 0.184 e. The van der Waals surface area contributed by atoms with Crippen LogP contribution in [-0.4, -0.2) is 76.6 Å². The fraction of sp³-hybridized carbons (Fsp3) is 1.00. The minimum Gasteiger partial charge on any atom is -0.387 e. The van der Waals surface area contributed by atoms with Crippen molar-refractivity contribution in [3.63, 3.8) is 0 Å². The molecule has 198 valence electrons. The van der Waals surface area contributed by atoms with Gasteiger partial charge in [0.2, 0.25) is 0 Å². The molecular formula is C26H52O7. The van der Waals surface area contributed by atoms with Gasteiger partial charge in [-0.3, -0.25) is 0 Å². The summed E-state index contributed by atoms with van der Waals surface area (Å²) in [5, 5.41) is 38.7. The van der Waals surface area contributed by atoms with Gasteiger partial charge in [-0.25, -0.2) is 0 Å². The van der Waals surface area contributed by atoms with Gasteiger partial charge < -0.3 is 34.6 Å². The second-order valence-corrected chi connectivity index (χ2v) is 11.2. The predicted molar refractivity (Wildman–Crippen MR) is 130 cm³/mol. The minimum atomic E-state index is -1.52. The van der Waals surface area contributed by atoms with Crippen molar-refractivity contribution in [2.45, 2.75) is 129 Å². The van der Waals surface area contributed by atoms with Crippen LogP contribution in [0.4, 0.5) is 0 Å². The zero-order valence-corrected chi connectivity index (χ0v) is 21.9. The van der Waals surface area contributed by atoms with Crippen molar-refractivity contribution in [2.75, 3.05) is 19.8 Å². The van der Waals surface area contributed by atoms with Crippen molar-refractivity contribution in [2.24, 2.45) is 17.8 Å². The Morgan fingerprint density at radius 2 is 1.36 bits per heavy atom. The summed E-state index contributed by atoms with van der Waals surface area (Å²) in [4.78, 5) is 0. The van der Waals surface area contributed by atoms with Gasteiger partial charge in [-0.1, -0.05) is 59.8 Å². The van der Waals surface area contributed by atoms with Crippen molar-refractivity contribution < 1.29 is 34.6 Å². The molecule has 0 aromatic rings. The molecule has 1 aliphatic rings. The largest absolute Gasteiger partial charge is 0.387 e. The van der Waals surface area contributed by atoms with E-state index in [0.717, 1.165) is 50.5 Å². The molecule has 7 atom stereocenters.